The van der Waals surface area contributed by atoms with Gasteiger partial charge in [-0.3, -0.25) is 0 Å². The molecule has 0 spiro atoms. The van der Waals surface area contributed by atoms with E-state index in [1.165, 1.54) is 19.6 Å². The molecule has 31 heavy (non-hydrogen) atoms. The minimum absolute atomic E-state index is 0.132. The zero-order valence-electron chi connectivity index (χ0n) is 18.8. The van der Waals surface area contributed by atoms with Gasteiger partial charge in [-0.05, 0) is 55.4 Å². The van der Waals surface area contributed by atoms with Crippen molar-refractivity contribution < 1.29 is 15.0 Å². The van der Waals surface area contributed by atoms with E-state index in [-0.39, 0.29) is 22.9 Å². The Labute approximate surface area is 189 Å². The van der Waals surface area contributed by atoms with Gasteiger partial charge in [0, 0.05) is 16.0 Å². The van der Waals surface area contributed by atoms with Crippen molar-refractivity contribution in [1.82, 2.24) is 9.88 Å². The quantitative estimate of drug-likeness (QED) is 0.460. The van der Waals surface area contributed by atoms with Crippen LogP contribution in [0, 0.1) is 0 Å². The standard InChI is InChI=1S/C19H16ClNO3.C6H15N/c1-10(2)12-5-8-15-14(9-12)16(19(23)24)18(22)17(21-15)11-3-6-13(20)7-4-11;1-4-7(5-2)6-3/h3-10,22H,1-2H3,(H,23,24);4-6H2,1-3H3. The summed E-state index contributed by atoms with van der Waals surface area (Å²) in [6.07, 6.45) is 0. The molecule has 0 aliphatic heterocycles. The number of carboxylic acids is 1. The summed E-state index contributed by atoms with van der Waals surface area (Å²) < 4.78 is 0. The highest BCUT2D eigenvalue weighted by atomic mass is 35.5. The Morgan fingerprint density at radius 2 is 1.61 bits per heavy atom. The van der Waals surface area contributed by atoms with E-state index < -0.39 is 5.97 Å². The number of aromatic carboxylic acids is 1. The Morgan fingerprint density at radius 3 is 2.06 bits per heavy atom. The molecule has 2 N–H and O–H groups in total. The van der Waals surface area contributed by atoms with E-state index in [0.717, 1.165) is 5.56 Å². The molecule has 1 heterocycles. The maximum Gasteiger partial charge on any atom is 0.340 e. The second kappa shape index (κ2) is 11.1. The van der Waals surface area contributed by atoms with Crippen molar-refractivity contribution in [3.8, 4) is 17.0 Å². The first-order valence-corrected chi connectivity index (χ1v) is 11.0. The highest BCUT2D eigenvalue weighted by molar-refractivity contribution is 6.30. The number of hydrogen-bond acceptors (Lipinski definition) is 4. The van der Waals surface area contributed by atoms with Gasteiger partial charge >= 0.3 is 5.97 Å². The Morgan fingerprint density at radius 1 is 1.03 bits per heavy atom. The average Bonchev–Trinajstić information content (AvgIpc) is 2.75. The van der Waals surface area contributed by atoms with Crippen molar-refractivity contribution in [3.63, 3.8) is 0 Å². The van der Waals surface area contributed by atoms with Crippen LogP contribution in [-0.4, -0.2) is 45.7 Å². The molecule has 0 saturated carbocycles. The van der Waals surface area contributed by atoms with E-state index in [1.54, 1.807) is 36.4 Å². The Hall–Kier alpha value is -2.63. The molecule has 0 amide bonds. The number of aromatic hydroxyl groups is 1. The summed E-state index contributed by atoms with van der Waals surface area (Å²) in [7, 11) is 0. The van der Waals surface area contributed by atoms with Crippen molar-refractivity contribution in [2.24, 2.45) is 0 Å². The van der Waals surface area contributed by atoms with E-state index >= 15 is 0 Å². The molecule has 3 aromatic rings. The van der Waals surface area contributed by atoms with E-state index in [0.29, 0.717) is 21.5 Å². The van der Waals surface area contributed by atoms with Crippen molar-refractivity contribution in [2.75, 3.05) is 19.6 Å². The van der Waals surface area contributed by atoms with Gasteiger partial charge < -0.3 is 15.1 Å². The lowest BCUT2D eigenvalue weighted by atomic mass is 9.97. The minimum Gasteiger partial charge on any atom is -0.505 e. The van der Waals surface area contributed by atoms with Crippen molar-refractivity contribution in [3.05, 3.63) is 58.6 Å². The maximum atomic E-state index is 11.7. The van der Waals surface area contributed by atoms with Crippen molar-refractivity contribution in [1.29, 1.82) is 0 Å². The molecule has 0 unspecified atom stereocenters. The van der Waals surface area contributed by atoms with Gasteiger partial charge in [-0.25, -0.2) is 9.78 Å². The first-order chi connectivity index (χ1) is 14.7. The zero-order chi connectivity index (χ0) is 23.1. The molecule has 0 radical (unpaired) electrons. The van der Waals surface area contributed by atoms with E-state index in [4.69, 9.17) is 11.6 Å². The predicted octanol–water partition coefficient (Wildman–Crippen LogP) is 6.43. The summed E-state index contributed by atoms with van der Waals surface area (Å²) in [5.74, 6) is -1.27. The second-order valence-electron chi connectivity index (χ2n) is 7.55. The number of halogens is 1. The average molecular weight is 443 g/mol. The van der Waals surface area contributed by atoms with Gasteiger partial charge in [0.15, 0.2) is 5.75 Å². The van der Waals surface area contributed by atoms with E-state index in [2.05, 4.69) is 30.7 Å². The summed E-state index contributed by atoms with van der Waals surface area (Å²) in [5, 5.41) is 21.1. The highest BCUT2D eigenvalue weighted by Gasteiger charge is 2.21. The molecule has 6 heteroatoms. The van der Waals surface area contributed by atoms with E-state index in [1.807, 2.05) is 19.9 Å². The lowest BCUT2D eigenvalue weighted by Crippen LogP contribution is -2.21. The smallest absolute Gasteiger partial charge is 0.340 e. The lowest BCUT2D eigenvalue weighted by molar-refractivity contribution is 0.0696. The number of carbonyl (C=O) groups is 1. The molecule has 5 nitrogen and oxygen atoms in total. The fourth-order valence-electron chi connectivity index (χ4n) is 3.33. The molecular weight excluding hydrogens is 412 g/mol. The van der Waals surface area contributed by atoms with Crippen molar-refractivity contribution in [2.45, 2.75) is 40.5 Å². The van der Waals surface area contributed by atoms with Gasteiger partial charge in [0.2, 0.25) is 0 Å². The minimum atomic E-state index is -1.18. The fraction of sp³-hybridized carbons (Fsp3) is 0.360. The molecule has 3 rings (SSSR count). The first kappa shape index (κ1) is 24.6. The third kappa shape index (κ3) is 5.96. The van der Waals surface area contributed by atoms with Crippen LogP contribution in [0.5, 0.6) is 5.75 Å². The van der Waals surface area contributed by atoms with Crippen LogP contribution in [-0.2, 0) is 0 Å². The Kier molecular flexibility index (Phi) is 8.84. The summed E-state index contributed by atoms with van der Waals surface area (Å²) in [6, 6.07) is 12.2. The summed E-state index contributed by atoms with van der Waals surface area (Å²) in [4.78, 5) is 18.6. The summed E-state index contributed by atoms with van der Waals surface area (Å²) in [6.45, 7) is 14.2. The third-order valence-corrected chi connectivity index (χ3v) is 5.58. The monoisotopic (exact) mass is 442 g/mol. The normalized spacial score (nSPS) is 11.0. The number of carboxylic acid groups (broad SMARTS) is 1. The lowest BCUT2D eigenvalue weighted by Gasteiger charge is -2.13. The molecule has 0 atom stereocenters. The predicted molar refractivity (Wildman–Crippen MR) is 128 cm³/mol. The summed E-state index contributed by atoms with van der Waals surface area (Å²) >= 11 is 5.89. The van der Waals surface area contributed by atoms with Crippen molar-refractivity contribution >= 4 is 28.5 Å². The van der Waals surface area contributed by atoms with Crippen LogP contribution in [0.25, 0.3) is 22.2 Å². The van der Waals surface area contributed by atoms with E-state index in [9.17, 15) is 15.0 Å². The van der Waals surface area contributed by atoms with Crippen LogP contribution in [0.4, 0.5) is 0 Å². The highest BCUT2D eigenvalue weighted by Crippen LogP contribution is 2.36. The number of rotatable bonds is 6. The molecular formula is C25H31ClN2O3. The topological polar surface area (TPSA) is 73.7 Å². The molecule has 0 fully saturated rings. The maximum absolute atomic E-state index is 11.7. The summed E-state index contributed by atoms with van der Waals surface area (Å²) in [5.41, 5.74) is 2.22. The van der Waals surface area contributed by atoms with Gasteiger partial charge in [0.1, 0.15) is 11.3 Å². The van der Waals surface area contributed by atoms with Crippen LogP contribution >= 0.6 is 11.6 Å². The Bertz CT molecular complexity index is 1020. The number of fused-ring (bicyclic) bond motifs is 1. The van der Waals surface area contributed by atoms with Crippen LogP contribution in [0.2, 0.25) is 5.02 Å². The second-order valence-corrected chi connectivity index (χ2v) is 7.98. The number of pyridine rings is 1. The van der Waals surface area contributed by atoms with Crippen LogP contribution in [0.15, 0.2) is 42.5 Å². The van der Waals surface area contributed by atoms with Gasteiger partial charge in [0.25, 0.3) is 0 Å². The molecule has 1 aromatic heterocycles. The molecule has 0 aliphatic rings. The Balaban J connectivity index is 0.000000423. The van der Waals surface area contributed by atoms with Gasteiger partial charge in [0.05, 0.1) is 5.52 Å². The number of benzene rings is 2. The molecule has 0 bridgehead atoms. The first-order valence-electron chi connectivity index (χ1n) is 10.6. The van der Waals surface area contributed by atoms with Crippen LogP contribution < -0.4 is 0 Å². The number of nitrogens with zero attached hydrogens (tertiary/aromatic N) is 2. The molecule has 166 valence electrons. The molecule has 0 saturated heterocycles. The molecule has 2 aromatic carbocycles. The van der Waals surface area contributed by atoms with Gasteiger partial charge in [-0.1, -0.05) is 64.4 Å². The number of aromatic nitrogens is 1. The van der Waals surface area contributed by atoms with Crippen LogP contribution in [0.1, 0.15) is 56.5 Å². The molecule has 0 aliphatic carbocycles. The van der Waals surface area contributed by atoms with Crippen LogP contribution in [0.3, 0.4) is 0 Å². The number of hydrogen-bond donors (Lipinski definition) is 2. The third-order valence-electron chi connectivity index (χ3n) is 5.32. The largest absolute Gasteiger partial charge is 0.505 e. The zero-order valence-corrected chi connectivity index (χ0v) is 19.6. The fourth-order valence-corrected chi connectivity index (χ4v) is 3.45. The SMILES string of the molecule is CC(C)c1ccc2nc(-c3ccc(Cl)cc3)c(O)c(C(=O)O)c2c1.CCN(CC)CC. The van der Waals surface area contributed by atoms with Gasteiger partial charge in [-0.15, -0.1) is 0 Å². The van der Waals surface area contributed by atoms with Gasteiger partial charge in [-0.2, -0.15) is 0 Å².